The molecule has 0 bridgehead atoms. The van der Waals surface area contributed by atoms with Crippen LogP contribution in [-0.4, -0.2) is 29.4 Å². The minimum absolute atomic E-state index is 0.000902. The Morgan fingerprint density at radius 1 is 1.37 bits per heavy atom. The number of hydrogen-bond donors (Lipinski definition) is 3. The number of benzene rings is 1. The van der Waals surface area contributed by atoms with Crippen molar-refractivity contribution >= 4 is 12.2 Å². The number of amides is 1. The minimum Gasteiger partial charge on any atom is -0.508 e. The molecule has 0 saturated heterocycles. The first-order chi connectivity index (χ1) is 8.93. The smallest absolute Gasteiger partial charge is 0.237 e. The quantitative estimate of drug-likeness (QED) is 0.697. The van der Waals surface area contributed by atoms with E-state index in [1.807, 2.05) is 13.8 Å². The first kappa shape index (κ1) is 15.2. The molecule has 0 spiro atoms. The molecule has 5 heteroatoms. The van der Waals surface area contributed by atoms with Crippen molar-refractivity contribution in [1.29, 1.82) is 0 Å². The molecule has 0 heterocycles. The van der Waals surface area contributed by atoms with Gasteiger partial charge in [0, 0.05) is 6.42 Å². The van der Waals surface area contributed by atoms with Gasteiger partial charge in [0.1, 0.15) is 5.75 Å². The SMILES string of the molecule is CC(C)[C@H](N)C(=O)NC([C]=O)Cc1ccc(O)cc1. The van der Waals surface area contributed by atoms with Gasteiger partial charge >= 0.3 is 0 Å². The molecule has 0 aliphatic heterocycles. The zero-order valence-corrected chi connectivity index (χ0v) is 11.1. The van der Waals surface area contributed by atoms with E-state index in [0.717, 1.165) is 5.56 Å². The summed E-state index contributed by atoms with van der Waals surface area (Å²) in [7, 11) is 0. The van der Waals surface area contributed by atoms with Crippen LogP contribution in [-0.2, 0) is 16.0 Å². The zero-order valence-electron chi connectivity index (χ0n) is 11.1. The van der Waals surface area contributed by atoms with E-state index in [-0.39, 0.29) is 17.6 Å². The lowest BCUT2D eigenvalue weighted by molar-refractivity contribution is -0.123. The molecule has 0 saturated carbocycles. The molecule has 1 amide bonds. The van der Waals surface area contributed by atoms with Crippen LogP contribution in [0, 0.1) is 5.92 Å². The molecule has 1 radical (unpaired) electrons. The monoisotopic (exact) mass is 263 g/mol. The van der Waals surface area contributed by atoms with Crippen LogP contribution in [0.3, 0.4) is 0 Å². The molecule has 19 heavy (non-hydrogen) atoms. The van der Waals surface area contributed by atoms with Crippen molar-refractivity contribution in [3.8, 4) is 5.75 Å². The molecule has 0 aromatic heterocycles. The number of phenolic OH excluding ortho intramolecular Hbond substituents is 1. The topological polar surface area (TPSA) is 92.4 Å². The van der Waals surface area contributed by atoms with Crippen LogP contribution >= 0.6 is 0 Å². The van der Waals surface area contributed by atoms with Crippen LogP contribution in [0.2, 0.25) is 0 Å². The molecule has 4 N–H and O–H groups in total. The summed E-state index contributed by atoms with van der Waals surface area (Å²) < 4.78 is 0. The Morgan fingerprint density at radius 3 is 2.42 bits per heavy atom. The maximum absolute atomic E-state index is 11.7. The molecule has 1 aromatic carbocycles. The number of rotatable bonds is 6. The van der Waals surface area contributed by atoms with Gasteiger partial charge in [-0.2, -0.15) is 0 Å². The second-order valence-electron chi connectivity index (χ2n) is 4.82. The van der Waals surface area contributed by atoms with E-state index in [2.05, 4.69) is 5.32 Å². The van der Waals surface area contributed by atoms with Crippen LogP contribution in [0.1, 0.15) is 19.4 Å². The fourth-order valence-electron chi connectivity index (χ4n) is 1.56. The number of nitrogens with two attached hydrogens (primary N) is 1. The Labute approximate surface area is 112 Å². The van der Waals surface area contributed by atoms with Crippen molar-refractivity contribution in [3.05, 3.63) is 29.8 Å². The van der Waals surface area contributed by atoms with Crippen LogP contribution in [0.4, 0.5) is 0 Å². The van der Waals surface area contributed by atoms with Crippen molar-refractivity contribution in [3.63, 3.8) is 0 Å². The predicted octanol–water partition coefficient (Wildman–Crippen LogP) is 0.513. The van der Waals surface area contributed by atoms with Crippen LogP contribution < -0.4 is 11.1 Å². The third-order valence-corrected chi connectivity index (χ3v) is 2.86. The molecule has 2 atom stereocenters. The van der Waals surface area contributed by atoms with E-state index in [9.17, 15) is 9.59 Å². The summed E-state index contributed by atoms with van der Waals surface area (Å²) in [5.41, 5.74) is 6.53. The highest BCUT2D eigenvalue weighted by molar-refractivity contribution is 5.84. The van der Waals surface area contributed by atoms with E-state index in [1.54, 1.807) is 18.4 Å². The van der Waals surface area contributed by atoms with E-state index in [1.165, 1.54) is 12.1 Å². The van der Waals surface area contributed by atoms with Crippen molar-refractivity contribution in [2.45, 2.75) is 32.4 Å². The number of nitrogens with one attached hydrogen (secondary N) is 1. The Balaban J connectivity index is 2.61. The lowest BCUT2D eigenvalue weighted by Crippen LogP contribution is -2.48. The minimum atomic E-state index is -0.734. The molecule has 1 unspecified atom stereocenters. The Hall–Kier alpha value is -1.88. The molecule has 0 aliphatic carbocycles. The highest BCUT2D eigenvalue weighted by Crippen LogP contribution is 2.11. The summed E-state index contributed by atoms with van der Waals surface area (Å²) in [6.45, 7) is 3.67. The molecule has 0 aliphatic rings. The molecular formula is C14H19N2O3. The van der Waals surface area contributed by atoms with Crippen LogP contribution in [0.15, 0.2) is 24.3 Å². The summed E-state index contributed by atoms with van der Waals surface area (Å²) in [5.74, 6) is -0.204. The van der Waals surface area contributed by atoms with Crippen molar-refractivity contribution in [2.75, 3.05) is 0 Å². The van der Waals surface area contributed by atoms with Crippen LogP contribution in [0.25, 0.3) is 0 Å². The fourth-order valence-corrected chi connectivity index (χ4v) is 1.56. The first-order valence-electron chi connectivity index (χ1n) is 6.15. The zero-order chi connectivity index (χ0) is 14.4. The third-order valence-electron chi connectivity index (χ3n) is 2.86. The van der Waals surface area contributed by atoms with Gasteiger partial charge in [0.2, 0.25) is 12.2 Å². The maximum atomic E-state index is 11.7. The molecular weight excluding hydrogens is 244 g/mol. The van der Waals surface area contributed by atoms with E-state index in [0.29, 0.717) is 6.42 Å². The van der Waals surface area contributed by atoms with Gasteiger partial charge in [-0.3, -0.25) is 9.59 Å². The van der Waals surface area contributed by atoms with Gasteiger partial charge in [0.05, 0.1) is 12.1 Å². The number of hydrogen-bond acceptors (Lipinski definition) is 4. The summed E-state index contributed by atoms with van der Waals surface area (Å²) >= 11 is 0. The number of aromatic hydroxyl groups is 1. The highest BCUT2D eigenvalue weighted by atomic mass is 16.3. The molecule has 1 aromatic rings. The Morgan fingerprint density at radius 2 is 1.95 bits per heavy atom. The molecule has 1 rings (SSSR count). The van der Waals surface area contributed by atoms with Gasteiger partial charge in [-0.05, 0) is 23.6 Å². The van der Waals surface area contributed by atoms with Crippen LogP contribution in [0.5, 0.6) is 5.75 Å². The predicted molar refractivity (Wildman–Crippen MR) is 72.2 cm³/mol. The van der Waals surface area contributed by atoms with Gasteiger partial charge in [0.15, 0.2) is 0 Å². The largest absolute Gasteiger partial charge is 0.508 e. The molecule has 103 valence electrons. The normalized spacial score (nSPS) is 13.9. The lowest BCUT2D eigenvalue weighted by Gasteiger charge is -2.18. The van der Waals surface area contributed by atoms with E-state index < -0.39 is 12.1 Å². The fraction of sp³-hybridized carbons (Fsp3) is 0.429. The molecule has 0 fully saturated rings. The number of carbonyl (C=O) groups is 1. The third kappa shape index (κ3) is 4.71. The highest BCUT2D eigenvalue weighted by Gasteiger charge is 2.20. The van der Waals surface area contributed by atoms with Gasteiger partial charge in [-0.15, -0.1) is 0 Å². The second-order valence-corrected chi connectivity index (χ2v) is 4.82. The average molecular weight is 263 g/mol. The van der Waals surface area contributed by atoms with E-state index in [4.69, 9.17) is 10.8 Å². The van der Waals surface area contributed by atoms with Gasteiger partial charge in [-0.1, -0.05) is 26.0 Å². The maximum Gasteiger partial charge on any atom is 0.237 e. The summed E-state index contributed by atoms with van der Waals surface area (Å²) in [6.07, 6.45) is 2.11. The number of carbonyl (C=O) groups excluding carboxylic acids is 2. The van der Waals surface area contributed by atoms with Crippen molar-refractivity contribution in [1.82, 2.24) is 5.32 Å². The Bertz CT molecular complexity index is 429. The first-order valence-corrected chi connectivity index (χ1v) is 6.15. The van der Waals surface area contributed by atoms with Crippen molar-refractivity contribution in [2.24, 2.45) is 11.7 Å². The van der Waals surface area contributed by atoms with Gasteiger partial charge < -0.3 is 16.2 Å². The average Bonchev–Trinajstić information content (AvgIpc) is 2.39. The van der Waals surface area contributed by atoms with E-state index >= 15 is 0 Å². The Kier molecular flexibility index (Phi) is 5.51. The summed E-state index contributed by atoms with van der Waals surface area (Å²) in [4.78, 5) is 22.6. The number of phenols is 1. The summed E-state index contributed by atoms with van der Waals surface area (Å²) in [6, 6.07) is 5.05. The second kappa shape index (κ2) is 6.89. The summed E-state index contributed by atoms with van der Waals surface area (Å²) in [5, 5.41) is 11.7. The van der Waals surface area contributed by atoms with Crippen molar-refractivity contribution < 1.29 is 14.7 Å². The van der Waals surface area contributed by atoms with Gasteiger partial charge in [-0.25, -0.2) is 0 Å². The lowest BCUT2D eigenvalue weighted by atomic mass is 10.0. The standard InChI is InChI=1S/C14H19N2O3/c1-9(2)13(15)14(19)16-11(8-17)7-10-3-5-12(18)6-4-10/h3-6,9,11,13,18H,7,15H2,1-2H3,(H,16,19)/t11?,13-/m0/s1. The molecule has 5 nitrogen and oxygen atoms in total. The van der Waals surface area contributed by atoms with Gasteiger partial charge in [0.25, 0.3) is 0 Å².